The van der Waals surface area contributed by atoms with Crippen molar-refractivity contribution in [2.75, 3.05) is 0 Å². The lowest BCUT2D eigenvalue weighted by Crippen LogP contribution is -2.47. The summed E-state index contributed by atoms with van der Waals surface area (Å²) in [6.07, 6.45) is 42.2. The summed E-state index contributed by atoms with van der Waals surface area (Å²) in [6.45, 7) is 10.4. The molecule has 0 aliphatic heterocycles. The fraction of sp³-hybridized carbons (Fsp3) is 1.00. The zero-order valence-electron chi connectivity index (χ0n) is 32.3. The molecule has 0 amide bonds. The summed E-state index contributed by atoms with van der Waals surface area (Å²) >= 11 is 0. The molecule has 7 saturated carbocycles. The zero-order chi connectivity index (χ0) is 32.3. The van der Waals surface area contributed by atoms with Gasteiger partial charge in [0.1, 0.15) is 0 Å². The highest BCUT2D eigenvalue weighted by Gasteiger charge is 2.57. The first-order valence-electron chi connectivity index (χ1n) is 23.1. The molecule has 0 spiro atoms. The van der Waals surface area contributed by atoms with Gasteiger partial charge in [-0.2, -0.15) is 0 Å². The van der Waals surface area contributed by atoms with E-state index in [0.29, 0.717) is 0 Å². The number of hydrogen-bond donors (Lipinski definition) is 0. The molecule has 0 nitrogen and oxygen atoms in total. The summed E-state index contributed by atoms with van der Waals surface area (Å²) in [5.41, 5.74) is 0. The molecular formula is C47H82. The van der Waals surface area contributed by atoms with Gasteiger partial charge in [0, 0.05) is 0 Å². The Morgan fingerprint density at radius 3 is 1.89 bits per heavy atom. The lowest BCUT2D eigenvalue weighted by Gasteiger charge is -2.54. The molecule has 7 rings (SSSR count). The highest BCUT2D eigenvalue weighted by atomic mass is 14.6. The van der Waals surface area contributed by atoms with Crippen LogP contribution < -0.4 is 0 Å². The Labute approximate surface area is 294 Å². The van der Waals surface area contributed by atoms with Gasteiger partial charge in [-0.15, -0.1) is 0 Å². The van der Waals surface area contributed by atoms with E-state index in [0.717, 1.165) is 94.7 Å². The van der Waals surface area contributed by atoms with Gasteiger partial charge in [0.15, 0.2) is 0 Å². The molecule has 0 heteroatoms. The molecule has 0 N–H and O–H groups in total. The third-order valence-electron chi connectivity index (χ3n) is 18.1. The van der Waals surface area contributed by atoms with Crippen LogP contribution in [0.4, 0.5) is 0 Å². The van der Waals surface area contributed by atoms with Gasteiger partial charge in [-0.05, 0) is 172 Å². The molecule has 7 aliphatic rings. The summed E-state index contributed by atoms with van der Waals surface area (Å²) < 4.78 is 0. The number of unbranched alkanes of at least 4 members (excludes halogenated alkanes) is 2. The molecule has 0 aromatic rings. The van der Waals surface area contributed by atoms with E-state index in [9.17, 15) is 0 Å². The van der Waals surface area contributed by atoms with Gasteiger partial charge in [-0.25, -0.2) is 0 Å². The molecule has 7 aliphatic carbocycles. The molecule has 0 saturated heterocycles. The third kappa shape index (κ3) is 7.23. The minimum atomic E-state index is 0.972. The van der Waals surface area contributed by atoms with Crippen molar-refractivity contribution < 1.29 is 0 Å². The molecule has 0 heterocycles. The Balaban J connectivity index is 1.19. The van der Waals surface area contributed by atoms with Crippen LogP contribution in [0.3, 0.4) is 0 Å². The molecule has 0 radical (unpaired) electrons. The van der Waals surface area contributed by atoms with Crippen molar-refractivity contribution in [3.63, 3.8) is 0 Å². The highest BCUT2D eigenvalue weighted by molar-refractivity contribution is 5.06. The van der Waals surface area contributed by atoms with Crippen LogP contribution in [0, 0.1) is 94.7 Å². The lowest BCUT2D eigenvalue weighted by molar-refractivity contribution is -0.0512. The van der Waals surface area contributed by atoms with Gasteiger partial charge >= 0.3 is 0 Å². The number of rotatable bonds is 11. The predicted octanol–water partition coefficient (Wildman–Crippen LogP) is 14.6. The standard InChI is InChI=1S/C47H82/c1-5-8-20-37(35-30-29-33-18-10-11-19-34(33)31-35)46-32(4)17-14-24-39(41-22-12-13-23-43(41)46)40(21-9-6-2)44-27-16-28-45-42-26-15-25-38(42)36(7-3)47(44)45/h32-47H,5-31H2,1-4H3. The molecule has 16 atom stereocenters. The minimum absolute atomic E-state index is 0.972. The van der Waals surface area contributed by atoms with Gasteiger partial charge < -0.3 is 0 Å². The van der Waals surface area contributed by atoms with Crippen LogP contribution in [0.2, 0.25) is 0 Å². The first-order chi connectivity index (χ1) is 23.1. The van der Waals surface area contributed by atoms with Crippen molar-refractivity contribution >= 4 is 0 Å². The smallest absolute Gasteiger partial charge is 0.0321 e. The first kappa shape index (κ1) is 35.4. The fourth-order valence-corrected chi connectivity index (χ4v) is 16.5. The average molecular weight is 647 g/mol. The minimum Gasteiger partial charge on any atom is -0.0654 e. The second-order valence-electron chi connectivity index (χ2n) is 19.9. The predicted molar refractivity (Wildman–Crippen MR) is 203 cm³/mol. The van der Waals surface area contributed by atoms with Crippen LogP contribution in [0.15, 0.2) is 0 Å². The van der Waals surface area contributed by atoms with Crippen molar-refractivity contribution in [1.29, 1.82) is 0 Å². The zero-order valence-corrected chi connectivity index (χ0v) is 32.3. The van der Waals surface area contributed by atoms with Crippen LogP contribution in [-0.4, -0.2) is 0 Å². The molecule has 0 aromatic heterocycles. The maximum Gasteiger partial charge on any atom is -0.0321 e. The van der Waals surface area contributed by atoms with Crippen LogP contribution >= 0.6 is 0 Å². The van der Waals surface area contributed by atoms with Crippen molar-refractivity contribution in [2.45, 2.75) is 201 Å². The molecule has 47 heavy (non-hydrogen) atoms. The van der Waals surface area contributed by atoms with Crippen molar-refractivity contribution in [3.8, 4) is 0 Å². The molecule has 7 fully saturated rings. The molecule has 16 unspecified atom stereocenters. The fourth-order valence-electron chi connectivity index (χ4n) is 16.5. The third-order valence-corrected chi connectivity index (χ3v) is 18.1. The molecule has 0 aromatic carbocycles. The van der Waals surface area contributed by atoms with Gasteiger partial charge in [0.05, 0.1) is 0 Å². The average Bonchev–Trinajstić information content (AvgIpc) is 3.70. The topological polar surface area (TPSA) is 0 Å². The SMILES string of the molecule is CCCCC(C1CCCC(C)C(C(CCCC)C2CCC3CCCCC3C2)C2CCCCC12)C1CCCC2C3CCCC3C(CC)C12. The van der Waals surface area contributed by atoms with Gasteiger partial charge in [0.25, 0.3) is 0 Å². The van der Waals surface area contributed by atoms with Crippen LogP contribution in [0.5, 0.6) is 0 Å². The summed E-state index contributed by atoms with van der Waals surface area (Å²) in [5.74, 6) is 17.2. The quantitative estimate of drug-likeness (QED) is 0.209. The van der Waals surface area contributed by atoms with Crippen LogP contribution in [-0.2, 0) is 0 Å². The van der Waals surface area contributed by atoms with Crippen LogP contribution in [0.25, 0.3) is 0 Å². The maximum atomic E-state index is 2.80. The van der Waals surface area contributed by atoms with Gasteiger partial charge in [-0.3, -0.25) is 0 Å². The van der Waals surface area contributed by atoms with E-state index >= 15 is 0 Å². The van der Waals surface area contributed by atoms with E-state index in [2.05, 4.69) is 27.7 Å². The molecule has 270 valence electrons. The Bertz CT molecular complexity index is 922. The second-order valence-corrected chi connectivity index (χ2v) is 19.9. The number of hydrogen-bond acceptors (Lipinski definition) is 0. The Morgan fingerprint density at radius 2 is 1.11 bits per heavy atom. The van der Waals surface area contributed by atoms with Crippen molar-refractivity contribution in [1.82, 2.24) is 0 Å². The van der Waals surface area contributed by atoms with E-state index < -0.39 is 0 Å². The van der Waals surface area contributed by atoms with Crippen molar-refractivity contribution in [2.24, 2.45) is 94.7 Å². The Morgan fingerprint density at radius 1 is 0.489 bits per heavy atom. The Hall–Kier alpha value is 0. The maximum absolute atomic E-state index is 2.80. The van der Waals surface area contributed by atoms with E-state index in [-0.39, 0.29) is 0 Å². The van der Waals surface area contributed by atoms with Crippen LogP contribution in [0.1, 0.15) is 201 Å². The molecule has 0 bridgehead atoms. The van der Waals surface area contributed by atoms with Gasteiger partial charge in [0.2, 0.25) is 0 Å². The summed E-state index contributed by atoms with van der Waals surface area (Å²) in [6, 6.07) is 0. The van der Waals surface area contributed by atoms with Gasteiger partial charge in [-0.1, -0.05) is 124 Å². The summed E-state index contributed by atoms with van der Waals surface area (Å²) in [5, 5.41) is 0. The monoisotopic (exact) mass is 647 g/mol. The summed E-state index contributed by atoms with van der Waals surface area (Å²) in [4.78, 5) is 0. The lowest BCUT2D eigenvalue weighted by atomic mass is 9.51. The highest BCUT2D eigenvalue weighted by Crippen LogP contribution is 2.64. The van der Waals surface area contributed by atoms with E-state index in [1.807, 2.05) is 0 Å². The first-order valence-corrected chi connectivity index (χ1v) is 23.1. The molecular weight excluding hydrogens is 565 g/mol. The summed E-state index contributed by atoms with van der Waals surface area (Å²) in [7, 11) is 0. The Kier molecular flexibility index (Phi) is 12.5. The normalized spacial score (nSPS) is 46.7. The number of fused-ring (bicyclic) bond motifs is 5. The second kappa shape index (κ2) is 16.6. The van der Waals surface area contributed by atoms with E-state index in [1.165, 1.54) is 38.5 Å². The largest absolute Gasteiger partial charge is 0.0654 e. The van der Waals surface area contributed by atoms with E-state index in [1.54, 1.807) is 135 Å². The van der Waals surface area contributed by atoms with E-state index in [4.69, 9.17) is 0 Å². The van der Waals surface area contributed by atoms with Crippen molar-refractivity contribution in [3.05, 3.63) is 0 Å².